The number of likely N-dealkylation sites (N-methyl/N-ethyl adjacent to an activating group) is 2. The maximum atomic E-state index is 10.2. The van der Waals surface area contributed by atoms with Crippen LogP contribution in [0.2, 0.25) is 0 Å². The average Bonchev–Trinajstić information content (AvgIpc) is 3.80. The molecule has 2 aliphatic rings. The SMILES string of the molecule is C=CC#N.CN1CC2=C(c3ccc(N(c4ccccc4)c4cccc5ccccc45)cc3)N(C)C(CC#N)C2=C1c1ccc(N(c2ccccc2)c2cccc3ccccc23)cc1. The van der Waals surface area contributed by atoms with Crippen LogP contribution in [0.3, 0.4) is 0 Å². The molecule has 0 aliphatic carbocycles. The van der Waals surface area contributed by atoms with Gasteiger partial charge >= 0.3 is 0 Å². The average molecular weight is 815 g/mol. The van der Waals surface area contributed by atoms with Crippen molar-refractivity contribution in [2.45, 2.75) is 12.5 Å². The monoisotopic (exact) mass is 814 g/mol. The van der Waals surface area contributed by atoms with Gasteiger partial charge in [-0.15, -0.1) is 0 Å². The number of anilines is 6. The molecule has 0 bridgehead atoms. The number of rotatable bonds is 9. The Labute approximate surface area is 370 Å². The fraction of sp³-hybridized carbons (Fsp3) is 0.0877. The zero-order valence-corrected chi connectivity index (χ0v) is 35.4. The van der Waals surface area contributed by atoms with Crippen molar-refractivity contribution in [3.05, 3.63) is 229 Å². The van der Waals surface area contributed by atoms with Crippen LogP contribution in [0.4, 0.5) is 34.1 Å². The van der Waals surface area contributed by atoms with Crippen molar-refractivity contribution in [3.8, 4) is 12.1 Å². The summed E-state index contributed by atoms with van der Waals surface area (Å²) >= 11 is 0. The van der Waals surface area contributed by atoms with Crippen LogP contribution in [-0.2, 0) is 0 Å². The first-order valence-corrected chi connectivity index (χ1v) is 21.2. The summed E-state index contributed by atoms with van der Waals surface area (Å²) in [7, 11) is 4.33. The van der Waals surface area contributed by atoms with Gasteiger partial charge in [0.15, 0.2) is 0 Å². The minimum absolute atomic E-state index is 0.0581. The minimum Gasteiger partial charge on any atom is -0.369 e. The molecule has 10 rings (SSSR count). The molecule has 2 heterocycles. The maximum Gasteiger partial charge on any atom is 0.0905 e. The molecule has 6 nitrogen and oxygen atoms in total. The lowest BCUT2D eigenvalue weighted by Crippen LogP contribution is -2.27. The molecule has 0 N–H and O–H groups in total. The van der Waals surface area contributed by atoms with Crippen molar-refractivity contribution < 1.29 is 0 Å². The lowest BCUT2D eigenvalue weighted by atomic mass is 9.96. The van der Waals surface area contributed by atoms with Crippen molar-refractivity contribution in [3.63, 3.8) is 0 Å². The zero-order valence-electron chi connectivity index (χ0n) is 35.4. The highest BCUT2D eigenvalue weighted by Gasteiger charge is 2.41. The lowest BCUT2D eigenvalue weighted by Gasteiger charge is -2.29. The fourth-order valence-electron chi connectivity index (χ4n) is 9.30. The van der Waals surface area contributed by atoms with Crippen LogP contribution < -0.4 is 9.80 Å². The third kappa shape index (κ3) is 7.56. The molecule has 1 unspecified atom stereocenters. The van der Waals surface area contributed by atoms with Gasteiger partial charge in [-0.05, 0) is 82.6 Å². The predicted octanol–water partition coefficient (Wildman–Crippen LogP) is 13.9. The van der Waals surface area contributed by atoms with Gasteiger partial charge in [0.25, 0.3) is 0 Å². The predicted molar refractivity (Wildman–Crippen MR) is 261 cm³/mol. The molecule has 8 aromatic carbocycles. The highest BCUT2D eigenvalue weighted by Crippen LogP contribution is 2.49. The van der Waals surface area contributed by atoms with Gasteiger partial charge in [0.2, 0.25) is 0 Å². The van der Waals surface area contributed by atoms with Crippen LogP contribution in [0.5, 0.6) is 0 Å². The van der Waals surface area contributed by atoms with Crippen LogP contribution in [0.1, 0.15) is 17.5 Å². The van der Waals surface area contributed by atoms with Gasteiger partial charge in [-0.25, -0.2) is 0 Å². The molecule has 0 fully saturated rings. The molecule has 8 aromatic rings. The Morgan fingerprint density at radius 3 is 1.41 bits per heavy atom. The molecule has 0 saturated heterocycles. The number of para-hydroxylation sites is 2. The molecule has 0 amide bonds. The summed E-state index contributed by atoms with van der Waals surface area (Å²) in [6, 6.07) is 73.4. The highest BCUT2D eigenvalue weighted by atomic mass is 15.2. The van der Waals surface area contributed by atoms with E-state index in [4.69, 9.17) is 5.26 Å². The first-order valence-electron chi connectivity index (χ1n) is 21.2. The Morgan fingerprint density at radius 2 is 0.952 bits per heavy atom. The third-order valence-electron chi connectivity index (χ3n) is 12.0. The summed E-state index contributed by atoms with van der Waals surface area (Å²) < 4.78 is 0. The summed E-state index contributed by atoms with van der Waals surface area (Å²) in [6.07, 6.45) is 1.58. The first kappa shape index (κ1) is 40.1. The van der Waals surface area contributed by atoms with Gasteiger partial charge in [-0.3, -0.25) is 0 Å². The van der Waals surface area contributed by atoms with Gasteiger partial charge in [0, 0.05) is 82.8 Å². The van der Waals surface area contributed by atoms with Crippen LogP contribution in [0, 0.1) is 22.7 Å². The van der Waals surface area contributed by atoms with E-state index in [1.54, 1.807) is 6.07 Å². The van der Waals surface area contributed by atoms with Crippen molar-refractivity contribution >= 4 is 67.1 Å². The molecule has 0 aromatic heterocycles. The van der Waals surface area contributed by atoms with Gasteiger partial charge in [-0.1, -0.05) is 140 Å². The number of fused-ring (bicyclic) bond motifs is 3. The summed E-state index contributed by atoms with van der Waals surface area (Å²) in [4.78, 5) is 9.39. The lowest BCUT2D eigenvalue weighted by molar-refractivity contribution is 0.414. The normalized spacial score (nSPS) is 14.2. The molecular weight excluding hydrogens is 769 g/mol. The van der Waals surface area contributed by atoms with Crippen molar-refractivity contribution in [1.82, 2.24) is 9.80 Å². The molecular formula is C57H46N6. The Kier molecular flexibility index (Phi) is 11.3. The summed E-state index contributed by atoms with van der Waals surface area (Å²) in [5.41, 5.74) is 13.9. The number of benzene rings is 8. The molecule has 63 heavy (non-hydrogen) atoms. The van der Waals surface area contributed by atoms with E-state index in [0.29, 0.717) is 6.42 Å². The smallest absolute Gasteiger partial charge is 0.0905 e. The topological polar surface area (TPSA) is 60.5 Å². The molecule has 2 aliphatic heterocycles. The van der Waals surface area contributed by atoms with Gasteiger partial charge in [0.05, 0.1) is 36.0 Å². The van der Waals surface area contributed by atoms with Crippen LogP contribution in [-0.4, -0.2) is 36.5 Å². The number of nitriles is 2. The second-order valence-electron chi connectivity index (χ2n) is 15.7. The summed E-state index contributed by atoms with van der Waals surface area (Å²) in [5.74, 6) is 0. The van der Waals surface area contributed by atoms with Crippen molar-refractivity contribution in [1.29, 1.82) is 10.5 Å². The minimum atomic E-state index is -0.0581. The molecule has 6 heteroatoms. The molecule has 0 spiro atoms. The molecule has 1 atom stereocenters. The third-order valence-corrected chi connectivity index (χ3v) is 12.0. The largest absolute Gasteiger partial charge is 0.369 e. The van der Waals surface area contributed by atoms with E-state index in [0.717, 1.165) is 51.8 Å². The second-order valence-corrected chi connectivity index (χ2v) is 15.7. The van der Waals surface area contributed by atoms with E-state index in [2.05, 4.69) is 240 Å². The maximum absolute atomic E-state index is 10.2. The van der Waals surface area contributed by atoms with Crippen LogP contribution in [0.25, 0.3) is 32.9 Å². The van der Waals surface area contributed by atoms with Gasteiger partial charge in [0.1, 0.15) is 0 Å². The molecule has 0 saturated carbocycles. The number of allylic oxidation sites excluding steroid dienone is 1. The van der Waals surface area contributed by atoms with E-state index in [1.165, 1.54) is 50.2 Å². The molecule has 0 radical (unpaired) electrons. The van der Waals surface area contributed by atoms with Gasteiger partial charge < -0.3 is 19.6 Å². The Morgan fingerprint density at radius 1 is 0.540 bits per heavy atom. The quantitative estimate of drug-likeness (QED) is 0.135. The first-order chi connectivity index (χ1) is 31.0. The Hall–Kier alpha value is -8.32. The summed E-state index contributed by atoms with van der Waals surface area (Å²) in [6.45, 7) is 3.89. The van der Waals surface area contributed by atoms with Crippen molar-refractivity contribution in [2.24, 2.45) is 0 Å². The van der Waals surface area contributed by atoms with Gasteiger partial charge in [-0.2, -0.15) is 10.5 Å². The summed E-state index contributed by atoms with van der Waals surface area (Å²) in [5, 5.41) is 22.5. The number of nitrogens with zero attached hydrogens (tertiary/aromatic N) is 6. The van der Waals surface area contributed by atoms with Crippen molar-refractivity contribution in [2.75, 3.05) is 30.4 Å². The van der Waals surface area contributed by atoms with E-state index >= 15 is 0 Å². The fourth-order valence-corrected chi connectivity index (χ4v) is 9.30. The van der Waals surface area contributed by atoms with E-state index in [1.807, 2.05) is 0 Å². The van der Waals surface area contributed by atoms with Crippen LogP contribution in [0.15, 0.2) is 218 Å². The van der Waals surface area contributed by atoms with E-state index in [9.17, 15) is 5.26 Å². The molecule has 304 valence electrons. The standard InChI is InChI=1S/C54H43N5.C3H3N/c1-56-37-48-52(54(56)41-29-33-45(34-30-41)59(43-21-7-4-8-22-43)50-26-14-18-39-16-10-12-24-47(39)50)51(35-36-55)57(2)53(48)40-27-31-44(32-28-40)58(42-19-5-3-6-20-42)49-25-13-17-38-15-9-11-23-46(38)49;1-2-3-4/h3-34,51H,35,37H2,1-2H3;2H,1H2. The van der Waals surface area contributed by atoms with E-state index < -0.39 is 0 Å². The number of hydrogen-bond acceptors (Lipinski definition) is 6. The van der Waals surface area contributed by atoms with Crippen LogP contribution >= 0.6 is 0 Å². The zero-order chi connectivity index (χ0) is 43.3. The highest BCUT2D eigenvalue weighted by molar-refractivity contribution is 6.00. The van der Waals surface area contributed by atoms with E-state index in [-0.39, 0.29) is 6.04 Å². The Bertz CT molecular complexity index is 3070. The Balaban J connectivity index is 0.00000121. The number of hydrogen-bond donors (Lipinski definition) is 0. The second kappa shape index (κ2) is 17.7.